The van der Waals surface area contributed by atoms with Crippen LogP contribution in [0.1, 0.15) is 11.1 Å². The van der Waals surface area contributed by atoms with Crippen molar-refractivity contribution in [1.29, 1.82) is 0 Å². The Labute approximate surface area is 176 Å². The number of rotatable bonds is 9. The van der Waals surface area contributed by atoms with E-state index < -0.39 is 41.0 Å². The van der Waals surface area contributed by atoms with Gasteiger partial charge in [0.15, 0.2) is 0 Å². The third kappa shape index (κ3) is 7.18. The van der Waals surface area contributed by atoms with Crippen LogP contribution in [0, 0.1) is 17.0 Å². The number of hydrogen-bond acceptors (Lipinski definition) is 7. The number of fused-ring (bicyclic) bond motifs is 1. The maximum atomic E-state index is 13.5. The largest absolute Gasteiger partial charge is 0.573 e. The molecule has 1 N–H and O–H groups in total. The lowest BCUT2D eigenvalue weighted by Crippen LogP contribution is -2.44. The van der Waals surface area contributed by atoms with Gasteiger partial charge in [0.1, 0.15) is 18.1 Å². The molecular formula is C17H16F6N2O7. The van der Waals surface area contributed by atoms with Gasteiger partial charge in [-0.05, 0) is 30.7 Å². The van der Waals surface area contributed by atoms with Crippen molar-refractivity contribution in [3.05, 3.63) is 38.9 Å². The van der Waals surface area contributed by atoms with Crippen LogP contribution in [-0.2, 0) is 14.4 Å². The molecule has 1 heterocycles. The van der Waals surface area contributed by atoms with Crippen molar-refractivity contribution >= 4 is 12.0 Å². The number of hydrogen-bond donors (Lipinski definition) is 1. The summed E-state index contributed by atoms with van der Waals surface area (Å²) in [4.78, 5) is 26.2. The van der Waals surface area contributed by atoms with Gasteiger partial charge in [-0.15, -0.1) is 23.3 Å². The Hall–Kier alpha value is -3.23. The Morgan fingerprint density at radius 3 is 2.47 bits per heavy atom. The summed E-state index contributed by atoms with van der Waals surface area (Å²) < 4.78 is 91.5. The molecule has 0 spiro atoms. The number of alkyl halides is 6. The number of benzene rings is 1. The van der Waals surface area contributed by atoms with Crippen LogP contribution in [0.5, 0.6) is 11.5 Å². The first-order valence-corrected chi connectivity index (χ1v) is 8.76. The summed E-state index contributed by atoms with van der Waals surface area (Å²) in [6, 6.07) is 1.66. The number of amides is 1. The van der Waals surface area contributed by atoms with Crippen LogP contribution >= 0.6 is 0 Å². The predicted octanol–water partition coefficient (Wildman–Crippen LogP) is 2.94. The van der Waals surface area contributed by atoms with E-state index in [4.69, 9.17) is 9.47 Å². The van der Waals surface area contributed by atoms with Crippen molar-refractivity contribution in [2.45, 2.75) is 25.6 Å². The molecule has 0 saturated heterocycles. The highest BCUT2D eigenvalue weighted by Crippen LogP contribution is 2.41. The van der Waals surface area contributed by atoms with E-state index >= 15 is 0 Å². The number of ether oxygens (including phenoxy) is 3. The lowest BCUT2D eigenvalue weighted by molar-refractivity contribution is -0.758. The molecule has 0 aromatic heterocycles. The zero-order valence-electron chi connectivity index (χ0n) is 16.2. The average Bonchev–Trinajstić information content (AvgIpc) is 2.63. The van der Waals surface area contributed by atoms with Crippen LogP contribution in [-0.4, -0.2) is 56.0 Å². The normalized spacial score (nSPS) is 15.8. The number of carbonyl (C=O) groups excluding carboxylic acids is 1. The number of halogens is 6. The van der Waals surface area contributed by atoms with Crippen molar-refractivity contribution in [3.63, 3.8) is 0 Å². The molecular weight excluding hydrogens is 458 g/mol. The molecule has 1 atom stereocenters. The van der Waals surface area contributed by atoms with Gasteiger partial charge in [0.25, 0.3) is 11.0 Å². The van der Waals surface area contributed by atoms with Crippen LogP contribution in [0.25, 0.3) is 6.08 Å². The van der Waals surface area contributed by atoms with Crippen molar-refractivity contribution < 1.29 is 55.3 Å². The molecule has 0 aliphatic carbocycles. The van der Waals surface area contributed by atoms with Gasteiger partial charge in [0.05, 0.1) is 18.8 Å². The van der Waals surface area contributed by atoms with Gasteiger partial charge in [0, 0.05) is 12.1 Å². The van der Waals surface area contributed by atoms with E-state index in [2.05, 4.69) is 14.9 Å². The molecule has 0 unspecified atom stereocenters. The molecule has 1 aliphatic heterocycles. The third-order valence-electron chi connectivity index (χ3n) is 3.86. The molecule has 0 bridgehead atoms. The van der Waals surface area contributed by atoms with Crippen LogP contribution in [0.2, 0.25) is 0 Å². The SMILES string of the molecule is Cc1cc(OC(F)(F)F)cc2c1O[C@H](C(F)(F)F)C(C(=O)NCCOCCO[N+](=O)[O-])=C2. The quantitative estimate of drug-likeness (QED) is 0.254. The van der Waals surface area contributed by atoms with E-state index in [1.54, 1.807) is 0 Å². The minimum absolute atomic E-state index is 0.0583. The van der Waals surface area contributed by atoms with E-state index in [9.17, 15) is 41.3 Å². The molecule has 9 nitrogen and oxygen atoms in total. The van der Waals surface area contributed by atoms with Gasteiger partial charge in [-0.3, -0.25) is 4.79 Å². The van der Waals surface area contributed by atoms with Crippen LogP contribution in [0.4, 0.5) is 26.3 Å². The van der Waals surface area contributed by atoms with Crippen LogP contribution in [0.15, 0.2) is 17.7 Å². The summed E-state index contributed by atoms with van der Waals surface area (Å²) in [6.07, 6.45) is -11.9. The maximum absolute atomic E-state index is 13.5. The van der Waals surface area contributed by atoms with Crippen molar-refractivity contribution in [2.75, 3.05) is 26.4 Å². The van der Waals surface area contributed by atoms with Crippen LogP contribution < -0.4 is 14.8 Å². The van der Waals surface area contributed by atoms with E-state index in [0.29, 0.717) is 0 Å². The van der Waals surface area contributed by atoms with Crippen LogP contribution in [0.3, 0.4) is 0 Å². The van der Waals surface area contributed by atoms with Gasteiger partial charge in [-0.2, -0.15) is 13.2 Å². The Bertz CT molecular complexity index is 885. The molecule has 1 aromatic carbocycles. The second-order valence-corrected chi connectivity index (χ2v) is 6.27. The van der Waals surface area contributed by atoms with E-state index in [1.807, 2.05) is 0 Å². The van der Waals surface area contributed by atoms with Gasteiger partial charge < -0.3 is 24.4 Å². The second kappa shape index (κ2) is 9.93. The average molecular weight is 474 g/mol. The van der Waals surface area contributed by atoms with Gasteiger partial charge in [0.2, 0.25) is 6.10 Å². The number of carbonyl (C=O) groups is 1. The monoisotopic (exact) mass is 474 g/mol. The van der Waals surface area contributed by atoms with Crippen molar-refractivity contribution in [1.82, 2.24) is 5.32 Å². The van der Waals surface area contributed by atoms with Gasteiger partial charge in [-0.1, -0.05) is 0 Å². The van der Waals surface area contributed by atoms with Crippen molar-refractivity contribution in [3.8, 4) is 11.5 Å². The first-order valence-electron chi connectivity index (χ1n) is 8.76. The molecule has 1 aliphatic rings. The molecule has 0 radical (unpaired) electrons. The lowest BCUT2D eigenvalue weighted by Gasteiger charge is -2.29. The predicted molar refractivity (Wildman–Crippen MR) is 93.1 cm³/mol. The summed E-state index contributed by atoms with van der Waals surface area (Å²) in [5, 5.41) is 11.1. The highest BCUT2D eigenvalue weighted by Gasteiger charge is 2.48. The first kappa shape index (κ1) is 25.0. The van der Waals surface area contributed by atoms with Gasteiger partial charge >= 0.3 is 12.5 Å². The molecule has 32 heavy (non-hydrogen) atoms. The maximum Gasteiger partial charge on any atom is 0.573 e. The van der Waals surface area contributed by atoms with E-state index in [0.717, 1.165) is 18.2 Å². The Balaban J connectivity index is 2.15. The van der Waals surface area contributed by atoms with E-state index in [-0.39, 0.29) is 43.2 Å². The molecule has 1 aromatic rings. The topological polar surface area (TPSA) is 109 Å². The number of aryl methyl sites for hydroxylation is 1. The molecule has 2 rings (SSSR count). The number of nitrogens with one attached hydrogen (secondary N) is 1. The van der Waals surface area contributed by atoms with Crippen molar-refractivity contribution in [2.24, 2.45) is 0 Å². The summed E-state index contributed by atoms with van der Waals surface area (Å²) in [6.45, 7) is 0.185. The number of nitrogens with zero attached hydrogens (tertiary/aromatic N) is 1. The molecule has 178 valence electrons. The highest BCUT2D eigenvalue weighted by atomic mass is 19.4. The third-order valence-corrected chi connectivity index (χ3v) is 3.86. The summed E-state index contributed by atoms with van der Waals surface area (Å²) in [5.41, 5.74) is -1.15. The fourth-order valence-corrected chi connectivity index (χ4v) is 2.69. The second-order valence-electron chi connectivity index (χ2n) is 6.27. The lowest BCUT2D eigenvalue weighted by atomic mass is 9.98. The Morgan fingerprint density at radius 2 is 1.88 bits per heavy atom. The molecule has 15 heteroatoms. The smallest absolute Gasteiger partial charge is 0.475 e. The standard InChI is InChI=1S/C17H16F6N2O7/c1-9-6-11(32-17(21,22)23)7-10-8-12(14(16(18,19)20)31-13(9)10)15(26)24-2-3-29-4-5-30-25(27)28/h6-8,14H,2-5H2,1H3,(H,24,26)/t14-/m0/s1. The molecule has 0 fully saturated rings. The summed E-state index contributed by atoms with van der Waals surface area (Å²) in [5.74, 6) is -2.22. The first-order chi connectivity index (χ1) is 14.8. The Morgan fingerprint density at radius 1 is 1.19 bits per heavy atom. The van der Waals surface area contributed by atoms with Gasteiger partial charge in [-0.25, -0.2) is 0 Å². The zero-order chi connectivity index (χ0) is 24.1. The minimum Gasteiger partial charge on any atom is -0.475 e. The highest BCUT2D eigenvalue weighted by molar-refractivity contribution is 6.00. The summed E-state index contributed by atoms with van der Waals surface area (Å²) >= 11 is 0. The fraction of sp³-hybridized carbons (Fsp3) is 0.471. The molecule has 0 saturated carbocycles. The Kier molecular flexibility index (Phi) is 7.77. The zero-order valence-corrected chi connectivity index (χ0v) is 16.2. The van der Waals surface area contributed by atoms with E-state index in [1.165, 1.54) is 6.92 Å². The summed E-state index contributed by atoms with van der Waals surface area (Å²) in [7, 11) is 0. The minimum atomic E-state index is -5.03. The molecule has 1 amide bonds. The fourth-order valence-electron chi connectivity index (χ4n) is 2.69.